The first-order valence-corrected chi connectivity index (χ1v) is 11.0. The lowest BCUT2D eigenvalue weighted by Gasteiger charge is -2.53. The number of piperidine rings is 2. The smallest absolute Gasteiger partial charge is 0.227 e. The Morgan fingerprint density at radius 3 is 2.54 bits per heavy atom. The molecule has 3 aliphatic rings. The van der Waals surface area contributed by atoms with Gasteiger partial charge in [-0.2, -0.15) is 0 Å². The zero-order chi connectivity index (χ0) is 19.6. The number of hydrogen-bond acceptors (Lipinski definition) is 3. The summed E-state index contributed by atoms with van der Waals surface area (Å²) in [5, 5.41) is 10.9. The summed E-state index contributed by atoms with van der Waals surface area (Å²) in [6, 6.07) is 6.85. The quantitative estimate of drug-likeness (QED) is 0.863. The van der Waals surface area contributed by atoms with Crippen molar-refractivity contribution >= 4 is 5.91 Å². The number of rotatable bonds is 3. The van der Waals surface area contributed by atoms with Crippen LogP contribution in [0, 0.1) is 11.2 Å². The second-order valence-corrected chi connectivity index (χ2v) is 9.15. The van der Waals surface area contributed by atoms with Crippen LogP contribution in [0.4, 0.5) is 4.39 Å². The molecule has 0 radical (unpaired) electrons. The van der Waals surface area contributed by atoms with Crippen molar-refractivity contribution in [1.82, 2.24) is 9.80 Å². The highest BCUT2D eigenvalue weighted by molar-refractivity contribution is 5.79. The number of likely N-dealkylation sites (tertiary alicyclic amines) is 2. The van der Waals surface area contributed by atoms with Crippen LogP contribution in [0.2, 0.25) is 0 Å². The van der Waals surface area contributed by atoms with E-state index in [4.69, 9.17) is 0 Å². The van der Waals surface area contributed by atoms with Crippen LogP contribution in [0.1, 0.15) is 56.9 Å². The van der Waals surface area contributed by atoms with Gasteiger partial charge in [0.05, 0.1) is 12.5 Å². The highest BCUT2D eigenvalue weighted by atomic mass is 19.1. The topological polar surface area (TPSA) is 43.8 Å². The van der Waals surface area contributed by atoms with Crippen LogP contribution in [0.15, 0.2) is 24.3 Å². The zero-order valence-electron chi connectivity index (χ0n) is 16.8. The fourth-order valence-electron chi connectivity index (χ4n) is 5.60. The van der Waals surface area contributed by atoms with Gasteiger partial charge in [-0.05, 0) is 49.8 Å². The van der Waals surface area contributed by atoms with Crippen molar-refractivity contribution in [1.29, 1.82) is 0 Å². The monoisotopic (exact) mass is 388 g/mol. The molecular weight excluding hydrogens is 355 g/mol. The number of benzene rings is 1. The van der Waals surface area contributed by atoms with Crippen LogP contribution in [0.25, 0.3) is 0 Å². The van der Waals surface area contributed by atoms with Gasteiger partial charge in [0.1, 0.15) is 5.82 Å². The van der Waals surface area contributed by atoms with Crippen molar-refractivity contribution in [3.8, 4) is 0 Å². The lowest BCUT2D eigenvalue weighted by Crippen LogP contribution is -2.61. The van der Waals surface area contributed by atoms with Crippen LogP contribution < -0.4 is 0 Å². The second-order valence-electron chi connectivity index (χ2n) is 9.15. The molecule has 4 nitrogen and oxygen atoms in total. The third-order valence-corrected chi connectivity index (χ3v) is 7.24. The Hall–Kier alpha value is -1.46. The number of carbonyl (C=O) groups is 1. The summed E-state index contributed by atoms with van der Waals surface area (Å²) in [7, 11) is 0. The van der Waals surface area contributed by atoms with E-state index in [1.54, 1.807) is 12.1 Å². The van der Waals surface area contributed by atoms with Gasteiger partial charge in [-0.1, -0.05) is 31.4 Å². The molecule has 2 aliphatic heterocycles. The van der Waals surface area contributed by atoms with Crippen LogP contribution in [-0.4, -0.2) is 59.1 Å². The molecule has 0 unspecified atom stereocenters. The average molecular weight is 389 g/mol. The van der Waals surface area contributed by atoms with Crippen molar-refractivity contribution in [3.63, 3.8) is 0 Å². The molecule has 154 valence electrons. The molecule has 1 N–H and O–H groups in total. The van der Waals surface area contributed by atoms with E-state index in [0.717, 1.165) is 44.5 Å². The molecule has 2 heterocycles. The van der Waals surface area contributed by atoms with Crippen LogP contribution in [-0.2, 0) is 11.2 Å². The summed E-state index contributed by atoms with van der Waals surface area (Å²) < 4.78 is 13.1. The highest BCUT2D eigenvalue weighted by Gasteiger charge is 2.47. The standard InChI is InChI=1S/C23H33FN2O2/c24-19-9-7-18(8-10-19)15-22(28)26-13-4-12-23(17-26)16-25(14-11-21(23)27)20-5-2-1-3-6-20/h7-10,20-21,27H,1-6,11-17H2/t21-,23-/m1/s1. The molecule has 1 amide bonds. The molecule has 2 saturated heterocycles. The molecule has 1 aliphatic carbocycles. The Morgan fingerprint density at radius 2 is 1.79 bits per heavy atom. The molecule has 1 aromatic carbocycles. The molecule has 0 aromatic heterocycles. The van der Waals surface area contributed by atoms with E-state index in [2.05, 4.69) is 4.90 Å². The number of aliphatic hydroxyl groups excluding tert-OH is 1. The van der Waals surface area contributed by atoms with Gasteiger partial charge in [0.25, 0.3) is 0 Å². The number of amides is 1. The summed E-state index contributed by atoms with van der Waals surface area (Å²) in [5.41, 5.74) is 0.658. The normalized spacial score (nSPS) is 29.9. The molecule has 1 spiro atoms. The van der Waals surface area contributed by atoms with Crippen LogP contribution in [0.3, 0.4) is 0 Å². The zero-order valence-corrected chi connectivity index (χ0v) is 16.8. The number of nitrogens with zero attached hydrogens (tertiary/aromatic N) is 2. The predicted molar refractivity (Wildman–Crippen MR) is 107 cm³/mol. The number of halogens is 1. The average Bonchev–Trinajstić information content (AvgIpc) is 2.73. The first kappa shape index (κ1) is 19.8. The largest absolute Gasteiger partial charge is 0.392 e. The third-order valence-electron chi connectivity index (χ3n) is 7.24. The maximum absolute atomic E-state index is 13.1. The Bertz CT molecular complexity index is 674. The molecule has 1 saturated carbocycles. The molecule has 5 heteroatoms. The van der Waals surface area contributed by atoms with Gasteiger partial charge in [-0.3, -0.25) is 9.69 Å². The third kappa shape index (κ3) is 4.25. The Balaban J connectivity index is 1.43. The van der Waals surface area contributed by atoms with E-state index in [1.165, 1.54) is 44.2 Å². The second kappa shape index (κ2) is 8.50. The van der Waals surface area contributed by atoms with Crippen molar-refractivity contribution < 1.29 is 14.3 Å². The van der Waals surface area contributed by atoms with Crippen LogP contribution >= 0.6 is 0 Å². The minimum absolute atomic E-state index is 0.0904. The van der Waals surface area contributed by atoms with E-state index in [1.807, 2.05) is 4.90 Å². The summed E-state index contributed by atoms with van der Waals surface area (Å²) in [4.78, 5) is 17.5. The van der Waals surface area contributed by atoms with E-state index in [0.29, 0.717) is 19.0 Å². The van der Waals surface area contributed by atoms with Gasteiger partial charge in [0.2, 0.25) is 5.91 Å². The minimum atomic E-state index is -0.325. The van der Waals surface area contributed by atoms with E-state index >= 15 is 0 Å². The van der Waals surface area contributed by atoms with E-state index in [-0.39, 0.29) is 23.2 Å². The molecule has 4 rings (SSSR count). The van der Waals surface area contributed by atoms with E-state index in [9.17, 15) is 14.3 Å². The first-order valence-electron chi connectivity index (χ1n) is 11.0. The maximum atomic E-state index is 13.1. The Labute approximate surface area is 167 Å². The fraction of sp³-hybridized carbons (Fsp3) is 0.696. The van der Waals surface area contributed by atoms with Crippen LogP contribution in [0.5, 0.6) is 0 Å². The van der Waals surface area contributed by atoms with Gasteiger partial charge in [-0.25, -0.2) is 4.39 Å². The molecule has 1 aromatic rings. The molecule has 3 fully saturated rings. The molecular formula is C23H33FN2O2. The highest BCUT2D eigenvalue weighted by Crippen LogP contribution is 2.40. The molecule has 2 atom stereocenters. The lowest BCUT2D eigenvalue weighted by atomic mass is 9.70. The van der Waals surface area contributed by atoms with Gasteiger partial charge in [-0.15, -0.1) is 0 Å². The summed E-state index contributed by atoms with van der Waals surface area (Å²) in [6.45, 7) is 3.31. The van der Waals surface area contributed by atoms with Gasteiger partial charge in [0.15, 0.2) is 0 Å². The summed E-state index contributed by atoms with van der Waals surface area (Å²) in [6.07, 6.45) is 9.28. The van der Waals surface area contributed by atoms with Crippen molar-refractivity contribution in [3.05, 3.63) is 35.6 Å². The number of aliphatic hydroxyl groups is 1. The predicted octanol–water partition coefficient (Wildman–Crippen LogP) is 3.38. The fourth-order valence-corrected chi connectivity index (χ4v) is 5.60. The summed E-state index contributed by atoms with van der Waals surface area (Å²) in [5.74, 6) is -0.186. The Morgan fingerprint density at radius 1 is 1.04 bits per heavy atom. The summed E-state index contributed by atoms with van der Waals surface area (Å²) >= 11 is 0. The minimum Gasteiger partial charge on any atom is -0.392 e. The maximum Gasteiger partial charge on any atom is 0.227 e. The van der Waals surface area contributed by atoms with E-state index < -0.39 is 0 Å². The number of hydrogen-bond donors (Lipinski definition) is 1. The Kier molecular flexibility index (Phi) is 6.02. The molecule has 0 bridgehead atoms. The van der Waals surface area contributed by atoms with Crippen molar-refractivity contribution in [2.24, 2.45) is 5.41 Å². The lowest BCUT2D eigenvalue weighted by molar-refractivity contribution is -0.142. The number of carbonyl (C=O) groups excluding carboxylic acids is 1. The SMILES string of the molecule is O=C(Cc1ccc(F)cc1)N1CCC[C@]2(C1)CN(C1CCCCC1)CC[C@H]2O. The van der Waals surface area contributed by atoms with Gasteiger partial charge in [0, 0.05) is 37.6 Å². The molecule has 28 heavy (non-hydrogen) atoms. The van der Waals surface area contributed by atoms with Gasteiger partial charge >= 0.3 is 0 Å². The van der Waals surface area contributed by atoms with Gasteiger partial charge < -0.3 is 10.0 Å². The van der Waals surface area contributed by atoms with Crippen molar-refractivity contribution in [2.45, 2.75) is 69.9 Å². The van der Waals surface area contributed by atoms with Crippen molar-refractivity contribution in [2.75, 3.05) is 26.2 Å². The first-order chi connectivity index (χ1) is 13.6.